The van der Waals surface area contributed by atoms with Gasteiger partial charge in [-0.25, -0.2) is 0 Å². The number of carbonyl (C=O) groups excluding carboxylic acids is 1. The smallest absolute Gasteiger partial charge is 0.266 e. The Kier molecular flexibility index (Phi) is 7.00. The first-order valence-electron chi connectivity index (χ1n) is 9.00. The summed E-state index contributed by atoms with van der Waals surface area (Å²) in [5, 5.41) is 22.6. The van der Waals surface area contributed by atoms with Gasteiger partial charge >= 0.3 is 0 Å². The lowest BCUT2D eigenvalue weighted by molar-refractivity contribution is -0.112. The highest BCUT2D eigenvalue weighted by atomic mass is 16.5. The van der Waals surface area contributed by atoms with Crippen molar-refractivity contribution in [3.05, 3.63) is 70.8 Å². The number of phenolic OH excluding ortho intramolecular Hbond substituents is 1. The van der Waals surface area contributed by atoms with Gasteiger partial charge in [0.2, 0.25) is 0 Å². The molecular weight excluding hydrogens is 352 g/mol. The van der Waals surface area contributed by atoms with Crippen LogP contribution in [0.5, 0.6) is 11.5 Å². The molecule has 0 radical (unpaired) electrons. The van der Waals surface area contributed by atoms with E-state index in [4.69, 9.17) is 4.74 Å². The van der Waals surface area contributed by atoms with Crippen molar-refractivity contribution in [1.82, 2.24) is 0 Å². The van der Waals surface area contributed by atoms with Crippen LogP contribution in [0.3, 0.4) is 0 Å². The van der Waals surface area contributed by atoms with Gasteiger partial charge in [-0.15, -0.1) is 6.58 Å². The van der Waals surface area contributed by atoms with Crippen LogP contribution in [-0.2, 0) is 11.2 Å². The van der Waals surface area contributed by atoms with Gasteiger partial charge < -0.3 is 15.2 Å². The maximum atomic E-state index is 12.6. The van der Waals surface area contributed by atoms with E-state index in [1.807, 2.05) is 39.0 Å². The SMILES string of the molecule is C=CCc1cc(C=C(C#N)C(=O)Nc2cccc(C)c2C)cc(OCC)c1O. The van der Waals surface area contributed by atoms with Gasteiger partial charge in [-0.05, 0) is 68.2 Å². The number of nitrogens with one attached hydrogen (secondary N) is 1. The maximum absolute atomic E-state index is 12.6. The summed E-state index contributed by atoms with van der Waals surface area (Å²) in [6, 6.07) is 10.9. The summed E-state index contributed by atoms with van der Waals surface area (Å²) in [7, 11) is 0. The van der Waals surface area contributed by atoms with E-state index in [-0.39, 0.29) is 11.3 Å². The molecule has 5 heteroatoms. The van der Waals surface area contributed by atoms with Crippen molar-refractivity contribution in [3.8, 4) is 17.6 Å². The molecule has 1 amide bonds. The molecule has 0 saturated carbocycles. The van der Waals surface area contributed by atoms with E-state index in [1.54, 1.807) is 24.3 Å². The summed E-state index contributed by atoms with van der Waals surface area (Å²) in [4.78, 5) is 12.6. The van der Waals surface area contributed by atoms with Crippen molar-refractivity contribution in [2.75, 3.05) is 11.9 Å². The Morgan fingerprint density at radius 2 is 2.11 bits per heavy atom. The predicted octanol–water partition coefficient (Wildman–Crippen LogP) is 4.68. The Labute approximate surface area is 165 Å². The van der Waals surface area contributed by atoms with E-state index in [1.165, 1.54) is 6.08 Å². The van der Waals surface area contributed by atoms with Crippen LogP contribution in [0.4, 0.5) is 5.69 Å². The normalized spacial score (nSPS) is 10.9. The third kappa shape index (κ3) is 4.80. The van der Waals surface area contributed by atoms with Crippen LogP contribution in [0.25, 0.3) is 6.08 Å². The summed E-state index contributed by atoms with van der Waals surface area (Å²) in [6.07, 6.45) is 3.58. The molecule has 0 aliphatic rings. The van der Waals surface area contributed by atoms with Crippen LogP contribution in [0.15, 0.2) is 48.6 Å². The first-order valence-corrected chi connectivity index (χ1v) is 9.00. The molecule has 2 rings (SSSR count). The Morgan fingerprint density at radius 1 is 1.36 bits per heavy atom. The van der Waals surface area contributed by atoms with Crippen molar-refractivity contribution in [2.45, 2.75) is 27.2 Å². The molecule has 28 heavy (non-hydrogen) atoms. The zero-order valence-electron chi connectivity index (χ0n) is 16.4. The second-order valence-corrected chi connectivity index (χ2v) is 6.32. The van der Waals surface area contributed by atoms with Crippen LogP contribution < -0.4 is 10.1 Å². The van der Waals surface area contributed by atoms with E-state index in [0.717, 1.165) is 11.1 Å². The highest BCUT2D eigenvalue weighted by Gasteiger charge is 2.14. The lowest BCUT2D eigenvalue weighted by Gasteiger charge is -2.12. The molecule has 0 fully saturated rings. The molecule has 0 bridgehead atoms. The fraction of sp³-hybridized carbons (Fsp3) is 0.217. The largest absolute Gasteiger partial charge is 0.504 e. The van der Waals surface area contributed by atoms with Gasteiger partial charge in [-0.1, -0.05) is 18.2 Å². The number of phenols is 1. The number of aromatic hydroxyl groups is 1. The molecule has 2 aromatic rings. The summed E-state index contributed by atoms with van der Waals surface area (Å²) >= 11 is 0. The zero-order valence-corrected chi connectivity index (χ0v) is 16.4. The Balaban J connectivity index is 2.40. The fourth-order valence-electron chi connectivity index (χ4n) is 2.74. The number of allylic oxidation sites excluding steroid dienone is 1. The number of nitrogens with zero attached hydrogens (tertiary/aromatic N) is 1. The van der Waals surface area contributed by atoms with Crippen LogP contribution in [0, 0.1) is 25.2 Å². The molecule has 144 valence electrons. The molecule has 0 aromatic heterocycles. The number of benzene rings is 2. The number of hydrogen-bond donors (Lipinski definition) is 2. The predicted molar refractivity (Wildman–Crippen MR) is 111 cm³/mol. The first kappa shape index (κ1) is 20.8. The standard InChI is InChI=1S/C23H24N2O3/c1-5-8-18-11-17(13-21(22(18)26)28-6-2)12-19(14-24)23(27)25-20-10-7-9-15(3)16(20)4/h5,7,9-13,26H,1,6,8H2,2-4H3,(H,25,27). The Hall–Kier alpha value is -3.52. The van der Waals surface area contributed by atoms with Gasteiger partial charge in [-0.3, -0.25) is 4.79 Å². The van der Waals surface area contributed by atoms with Crippen LogP contribution >= 0.6 is 0 Å². The number of anilines is 1. The molecule has 0 unspecified atom stereocenters. The highest BCUT2D eigenvalue weighted by Crippen LogP contribution is 2.33. The monoisotopic (exact) mass is 376 g/mol. The molecule has 0 aliphatic carbocycles. The number of aryl methyl sites for hydroxylation is 1. The van der Waals surface area contributed by atoms with E-state index in [9.17, 15) is 15.2 Å². The number of ether oxygens (including phenoxy) is 1. The van der Waals surface area contributed by atoms with Crippen molar-refractivity contribution in [2.24, 2.45) is 0 Å². The molecule has 0 spiro atoms. The number of amides is 1. The minimum absolute atomic E-state index is 0.0391. The average molecular weight is 376 g/mol. The summed E-state index contributed by atoms with van der Waals surface area (Å²) in [6.45, 7) is 9.75. The molecule has 0 atom stereocenters. The molecule has 2 N–H and O–H groups in total. The van der Waals surface area contributed by atoms with Crippen molar-refractivity contribution in [1.29, 1.82) is 5.26 Å². The molecule has 0 aliphatic heterocycles. The first-order chi connectivity index (χ1) is 13.4. The lowest BCUT2D eigenvalue weighted by atomic mass is 10.0. The second kappa shape index (κ2) is 9.43. The summed E-state index contributed by atoms with van der Waals surface area (Å²) in [5.74, 6) is -0.148. The van der Waals surface area contributed by atoms with Crippen LogP contribution in [0.2, 0.25) is 0 Å². The molecule has 5 nitrogen and oxygen atoms in total. The van der Waals surface area contributed by atoms with Crippen molar-refractivity contribution < 1.29 is 14.6 Å². The minimum Gasteiger partial charge on any atom is -0.504 e. The number of rotatable bonds is 7. The van der Waals surface area contributed by atoms with Crippen molar-refractivity contribution in [3.63, 3.8) is 0 Å². The third-order valence-electron chi connectivity index (χ3n) is 4.37. The number of nitriles is 1. The fourth-order valence-corrected chi connectivity index (χ4v) is 2.74. The maximum Gasteiger partial charge on any atom is 0.266 e. The number of hydrogen-bond acceptors (Lipinski definition) is 4. The van der Waals surface area contributed by atoms with Gasteiger partial charge in [0.25, 0.3) is 5.91 Å². The molecule has 0 saturated heterocycles. The topological polar surface area (TPSA) is 82.4 Å². The van der Waals surface area contributed by atoms with E-state index < -0.39 is 5.91 Å². The number of carbonyl (C=O) groups is 1. The van der Waals surface area contributed by atoms with Crippen LogP contribution in [0.1, 0.15) is 29.2 Å². The van der Waals surface area contributed by atoms with Gasteiger partial charge in [0.15, 0.2) is 11.5 Å². The molecule has 2 aromatic carbocycles. The zero-order chi connectivity index (χ0) is 20.7. The van der Waals surface area contributed by atoms with E-state index in [2.05, 4.69) is 11.9 Å². The quantitative estimate of drug-likeness (QED) is 0.417. The second-order valence-electron chi connectivity index (χ2n) is 6.32. The van der Waals surface area contributed by atoms with Crippen LogP contribution in [-0.4, -0.2) is 17.6 Å². The van der Waals surface area contributed by atoms with Gasteiger partial charge in [0.1, 0.15) is 11.6 Å². The Bertz CT molecular complexity index is 969. The van der Waals surface area contributed by atoms with Gasteiger partial charge in [0, 0.05) is 11.3 Å². The molecular formula is C23H24N2O3. The van der Waals surface area contributed by atoms with E-state index in [0.29, 0.717) is 35.6 Å². The average Bonchev–Trinajstić information content (AvgIpc) is 2.67. The summed E-state index contributed by atoms with van der Waals surface area (Å²) < 4.78 is 5.47. The van der Waals surface area contributed by atoms with Gasteiger partial charge in [-0.2, -0.15) is 5.26 Å². The minimum atomic E-state index is -0.493. The lowest BCUT2D eigenvalue weighted by Crippen LogP contribution is -2.14. The van der Waals surface area contributed by atoms with E-state index >= 15 is 0 Å². The molecule has 0 heterocycles. The summed E-state index contributed by atoms with van der Waals surface area (Å²) in [5.41, 5.74) is 3.82. The Morgan fingerprint density at radius 3 is 2.75 bits per heavy atom. The van der Waals surface area contributed by atoms with Gasteiger partial charge in [0.05, 0.1) is 6.61 Å². The third-order valence-corrected chi connectivity index (χ3v) is 4.37. The highest BCUT2D eigenvalue weighted by molar-refractivity contribution is 6.10. The van der Waals surface area contributed by atoms with Crippen molar-refractivity contribution >= 4 is 17.7 Å².